The second kappa shape index (κ2) is 16.9. The quantitative estimate of drug-likeness (QED) is 0.120. The largest absolute Gasteiger partial charge is 0.457 e. The summed E-state index contributed by atoms with van der Waals surface area (Å²) in [5.74, 6) is 3.39. The van der Waals surface area contributed by atoms with Crippen LogP contribution in [0.15, 0.2) is 202 Å². The predicted molar refractivity (Wildman–Crippen MR) is 296 cm³/mol. The average molecular weight is 939 g/mol. The molecule has 0 aliphatic carbocycles. The van der Waals surface area contributed by atoms with Gasteiger partial charge in [0, 0.05) is 70.8 Å². The molecule has 4 aliphatic heterocycles. The number of rotatable bonds is 11. The lowest BCUT2D eigenvalue weighted by Gasteiger charge is -2.42. The molecule has 4 aliphatic rings. The number of ether oxygens (including phenoxy) is 2. The van der Waals surface area contributed by atoms with Crippen molar-refractivity contribution in [3.05, 3.63) is 193 Å². The monoisotopic (exact) mass is 938 g/mol. The molecule has 336 valence electrons. The molecular weight excluding hydrogens is 890 g/mol. The van der Waals surface area contributed by atoms with E-state index in [0.29, 0.717) is 0 Å². The van der Waals surface area contributed by atoms with Crippen LogP contribution in [-0.2, 0) is 12.8 Å². The summed E-state index contributed by atoms with van der Waals surface area (Å²) < 4.78 is 16.2. The van der Waals surface area contributed by atoms with E-state index in [-0.39, 0.29) is 13.4 Å². The van der Waals surface area contributed by atoms with E-state index in [1.54, 1.807) is 0 Å². The van der Waals surface area contributed by atoms with Gasteiger partial charge in [-0.05, 0) is 125 Å². The molecule has 0 saturated carbocycles. The van der Waals surface area contributed by atoms with Gasteiger partial charge in [-0.25, -0.2) is 0 Å². The number of nitrogens with zero attached hydrogens (tertiary/aromatic N) is 2. The number of para-hydroxylation sites is 3. The maximum absolute atomic E-state index is 6.98. The first-order valence-electron chi connectivity index (χ1n) is 25.0. The molecule has 0 atom stereocenters. The Bertz CT molecular complexity index is 3720. The predicted octanol–water partition coefficient (Wildman–Crippen LogP) is 13.1. The molecule has 1 aromatic heterocycles. The number of aryl methyl sites for hydroxylation is 2. The molecule has 5 heterocycles. The minimum absolute atomic E-state index is 0.0270. The lowest BCUT2D eigenvalue weighted by Crippen LogP contribution is -2.63. The Kier molecular flexibility index (Phi) is 10.1. The molecule has 14 rings (SSSR count). The van der Waals surface area contributed by atoms with Gasteiger partial charge in [-0.2, -0.15) is 0 Å². The number of hydrogen-bond donors (Lipinski definition) is 0. The Balaban J connectivity index is 0.982. The third-order valence-electron chi connectivity index (χ3n) is 14.9. The van der Waals surface area contributed by atoms with E-state index in [1.165, 1.54) is 117 Å². The van der Waals surface area contributed by atoms with Crippen LogP contribution in [0.1, 0.15) is 50.7 Å². The Hall–Kier alpha value is -6.99. The van der Waals surface area contributed by atoms with Gasteiger partial charge in [0.25, 0.3) is 6.71 Å². The van der Waals surface area contributed by atoms with Crippen LogP contribution in [0.2, 0.25) is 0 Å². The molecule has 10 aromatic rings. The maximum atomic E-state index is 6.98. The summed E-state index contributed by atoms with van der Waals surface area (Å²) >= 11 is 3.76. The first-order chi connectivity index (χ1) is 34.6. The van der Waals surface area contributed by atoms with Gasteiger partial charge in [-0.15, -0.1) is 0 Å². The summed E-state index contributed by atoms with van der Waals surface area (Å²) in [7, 11) is 0. The minimum atomic E-state index is -0.0270. The second-order valence-electron chi connectivity index (χ2n) is 19.2. The fraction of sp³-hybridized carbons (Fsp3) is 0.129. The van der Waals surface area contributed by atoms with Gasteiger partial charge in [-0.3, -0.25) is 0 Å². The van der Waals surface area contributed by atoms with Gasteiger partial charge in [0.2, 0.25) is 6.71 Å². The maximum Gasteiger partial charge on any atom is 0.252 e. The fourth-order valence-electron chi connectivity index (χ4n) is 11.8. The van der Waals surface area contributed by atoms with Crippen LogP contribution in [-0.4, -0.2) is 18.0 Å². The highest BCUT2D eigenvalue weighted by Gasteiger charge is 2.46. The molecule has 0 radical (unpaired) electrons. The molecule has 0 fully saturated rings. The van der Waals surface area contributed by atoms with Crippen LogP contribution >= 0.6 is 23.5 Å². The van der Waals surface area contributed by atoms with E-state index in [2.05, 4.69) is 205 Å². The molecular formula is C62H48B2N2O2S2. The minimum Gasteiger partial charge on any atom is -0.457 e. The highest BCUT2D eigenvalue weighted by atomic mass is 32.2. The van der Waals surface area contributed by atoms with E-state index in [1.807, 2.05) is 23.5 Å². The van der Waals surface area contributed by atoms with Crippen LogP contribution < -0.4 is 47.2 Å². The smallest absolute Gasteiger partial charge is 0.252 e. The highest BCUT2D eigenvalue weighted by Crippen LogP contribution is 2.47. The highest BCUT2D eigenvalue weighted by molar-refractivity contribution is 8.01. The Morgan fingerprint density at radius 3 is 1.76 bits per heavy atom. The summed E-state index contributed by atoms with van der Waals surface area (Å²) in [6.45, 7) is 4.53. The van der Waals surface area contributed by atoms with Crippen molar-refractivity contribution in [1.82, 2.24) is 4.57 Å². The van der Waals surface area contributed by atoms with Gasteiger partial charge in [0.15, 0.2) is 0 Å². The zero-order chi connectivity index (χ0) is 46.5. The summed E-state index contributed by atoms with van der Waals surface area (Å²) in [5.41, 5.74) is 17.8. The standard InChI is InChI=1S/C62H48B2N2O2S2/c1-3-5-15-39-25-29-42(30-26-39)67-44-33-54-60-55(34-44)66-52-23-12-10-19-46(52)47-20-14-22-49(62(47)66)64(60)50-37-51-57(38-53(50)65(54)41-17-8-7-9-18-41)70-59-36-45(68-43-31-27-40(28-32-43)16-6-4-2)35-58-61(59)63(51)48-21-11-13-24-56(48)69-58/h7-14,17-38H,3-6,15-16H2,1-2H3. The Labute approximate surface area is 418 Å². The number of aromatic nitrogens is 1. The second-order valence-corrected chi connectivity index (χ2v) is 21.4. The summed E-state index contributed by atoms with van der Waals surface area (Å²) in [4.78, 5) is 7.59. The number of unbranched alkanes of at least 4 members (excludes halogenated alkanes) is 2. The number of fused-ring (bicyclic) bond motifs is 11. The fourth-order valence-corrected chi connectivity index (χ4v) is 14.2. The number of anilines is 3. The van der Waals surface area contributed by atoms with Gasteiger partial charge < -0.3 is 18.9 Å². The first kappa shape index (κ1) is 41.9. The summed E-state index contributed by atoms with van der Waals surface area (Å²) in [6.07, 6.45) is 6.91. The zero-order valence-corrected chi connectivity index (χ0v) is 40.9. The lowest BCUT2D eigenvalue weighted by molar-refractivity contribution is 0.480. The van der Waals surface area contributed by atoms with Crippen molar-refractivity contribution in [3.8, 4) is 28.7 Å². The normalized spacial score (nSPS) is 13.4. The third kappa shape index (κ3) is 6.71. The molecule has 0 amide bonds. The topological polar surface area (TPSA) is 26.6 Å². The molecule has 4 nitrogen and oxygen atoms in total. The van der Waals surface area contributed by atoms with Crippen molar-refractivity contribution < 1.29 is 9.47 Å². The van der Waals surface area contributed by atoms with Gasteiger partial charge in [0.05, 0.1) is 5.52 Å². The molecule has 9 aromatic carbocycles. The van der Waals surface area contributed by atoms with E-state index in [0.717, 1.165) is 52.9 Å². The number of benzene rings is 9. The molecule has 0 spiro atoms. The van der Waals surface area contributed by atoms with Crippen molar-refractivity contribution in [2.45, 2.75) is 72.0 Å². The molecule has 0 unspecified atom stereocenters. The van der Waals surface area contributed by atoms with Gasteiger partial charge in [0.1, 0.15) is 23.0 Å². The Morgan fingerprint density at radius 1 is 0.429 bits per heavy atom. The van der Waals surface area contributed by atoms with Crippen LogP contribution in [0.5, 0.6) is 23.0 Å². The average Bonchev–Trinajstić information content (AvgIpc) is 3.74. The van der Waals surface area contributed by atoms with Gasteiger partial charge >= 0.3 is 0 Å². The van der Waals surface area contributed by atoms with Crippen molar-refractivity contribution in [2.24, 2.45) is 0 Å². The van der Waals surface area contributed by atoms with Gasteiger partial charge in [-0.1, -0.05) is 164 Å². The molecule has 0 bridgehead atoms. The molecule has 70 heavy (non-hydrogen) atoms. The van der Waals surface area contributed by atoms with Crippen molar-refractivity contribution in [1.29, 1.82) is 0 Å². The molecule has 8 heteroatoms. The van der Waals surface area contributed by atoms with E-state index < -0.39 is 0 Å². The summed E-state index contributed by atoms with van der Waals surface area (Å²) in [5, 5.41) is 2.53. The SMILES string of the molecule is CCCCc1ccc(Oc2cc3c4c(c2)Sc2cc5c(cc2B4c2ccccc2S3)B2c3c(cc(Oc4ccc(CCCC)cc4)cc3-n3c4ccccc4c4cccc2c43)N5c2ccccc2)cc1. The van der Waals surface area contributed by atoms with Crippen molar-refractivity contribution >= 4 is 109 Å². The van der Waals surface area contributed by atoms with Crippen LogP contribution in [0, 0.1) is 0 Å². The number of hydrogen-bond acceptors (Lipinski definition) is 5. The molecule has 0 N–H and O–H groups in total. The van der Waals surface area contributed by atoms with Crippen LogP contribution in [0.25, 0.3) is 27.5 Å². The zero-order valence-electron chi connectivity index (χ0n) is 39.2. The summed E-state index contributed by atoms with van der Waals surface area (Å²) in [6, 6.07) is 67.6. The lowest BCUT2D eigenvalue weighted by atomic mass is 9.31. The van der Waals surface area contributed by atoms with Crippen LogP contribution in [0.3, 0.4) is 0 Å². The van der Waals surface area contributed by atoms with E-state index >= 15 is 0 Å². The van der Waals surface area contributed by atoms with Crippen molar-refractivity contribution in [3.63, 3.8) is 0 Å². The van der Waals surface area contributed by atoms with Crippen molar-refractivity contribution in [2.75, 3.05) is 4.90 Å². The third-order valence-corrected chi connectivity index (χ3v) is 17.2. The Morgan fingerprint density at radius 2 is 1.03 bits per heavy atom. The first-order valence-corrected chi connectivity index (χ1v) is 26.6. The van der Waals surface area contributed by atoms with E-state index in [9.17, 15) is 0 Å². The molecule has 0 saturated heterocycles. The van der Waals surface area contributed by atoms with Crippen LogP contribution in [0.4, 0.5) is 17.1 Å². The van der Waals surface area contributed by atoms with E-state index in [4.69, 9.17) is 9.47 Å².